The van der Waals surface area contributed by atoms with Gasteiger partial charge in [-0.05, 0) is 5.92 Å². The summed E-state index contributed by atoms with van der Waals surface area (Å²) in [6.45, 7) is 0.308. The minimum absolute atomic E-state index is 0.123. The molecule has 1 aliphatic rings. The molecule has 0 aromatic carbocycles. The first-order valence-corrected chi connectivity index (χ1v) is 7.60. The molecule has 102 valence electrons. The molecule has 0 heterocycles. The van der Waals surface area contributed by atoms with Gasteiger partial charge in [-0.25, -0.2) is 0 Å². The topological polar surface area (TPSA) is 40.5 Å². The number of aliphatic hydroxyl groups excluding tert-OH is 2. The van der Waals surface area contributed by atoms with Crippen molar-refractivity contribution in [1.29, 1.82) is 0 Å². The van der Waals surface area contributed by atoms with Crippen LogP contribution in [0.3, 0.4) is 0 Å². The third-order valence-electron chi connectivity index (χ3n) is 4.29. The van der Waals surface area contributed by atoms with Crippen LogP contribution in [0.15, 0.2) is 0 Å². The highest BCUT2D eigenvalue weighted by Gasteiger charge is 2.19. The van der Waals surface area contributed by atoms with Gasteiger partial charge < -0.3 is 10.2 Å². The minimum Gasteiger partial charge on any atom is -0.396 e. The smallest absolute Gasteiger partial charge is 0.0483 e. The van der Waals surface area contributed by atoms with Crippen LogP contribution in [0.25, 0.3) is 0 Å². The van der Waals surface area contributed by atoms with Gasteiger partial charge in [0.1, 0.15) is 0 Å². The summed E-state index contributed by atoms with van der Waals surface area (Å²) < 4.78 is 0. The Morgan fingerprint density at radius 1 is 0.647 bits per heavy atom. The summed E-state index contributed by atoms with van der Waals surface area (Å²) >= 11 is 0. The van der Waals surface area contributed by atoms with Crippen molar-refractivity contribution in [2.45, 2.75) is 70.6 Å². The van der Waals surface area contributed by atoms with E-state index >= 15 is 0 Å². The van der Waals surface area contributed by atoms with Gasteiger partial charge in [0.2, 0.25) is 0 Å². The molecule has 0 saturated heterocycles. The second-order valence-electron chi connectivity index (χ2n) is 5.64. The molecule has 0 radical (unpaired) electrons. The molecule has 0 atom stereocenters. The highest BCUT2D eigenvalue weighted by atomic mass is 16.3. The van der Waals surface area contributed by atoms with Crippen LogP contribution >= 0.6 is 0 Å². The maximum atomic E-state index is 9.31. The number of hydrogen-bond donors (Lipinski definition) is 2. The molecule has 1 aliphatic carbocycles. The van der Waals surface area contributed by atoms with E-state index in [1.54, 1.807) is 0 Å². The fraction of sp³-hybridized carbons (Fsp3) is 1.00. The maximum Gasteiger partial charge on any atom is 0.0483 e. The van der Waals surface area contributed by atoms with Crippen molar-refractivity contribution < 1.29 is 10.2 Å². The lowest BCUT2D eigenvalue weighted by Gasteiger charge is -2.24. The molecule has 0 aromatic heterocycles. The summed E-state index contributed by atoms with van der Waals surface area (Å²) in [6.07, 6.45) is 14.6. The van der Waals surface area contributed by atoms with E-state index in [-0.39, 0.29) is 19.1 Å². The average Bonchev–Trinajstić information content (AvgIpc) is 2.33. The molecule has 2 nitrogen and oxygen atoms in total. The second kappa shape index (κ2) is 9.90. The van der Waals surface area contributed by atoms with E-state index in [0.717, 1.165) is 0 Å². The Hall–Kier alpha value is -0.0800. The number of aliphatic hydroxyl groups is 2. The molecule has 0 unspecified atom stereocenters. The lowest BCUT2D eigenvalue weighted by Crippen LogP contribution is -2.22. The Bertz CT molecular complexity index is 154. The lowest BCUT2D eigenvalue weighted by molar-refractivity contribution is 0.0952. The monoisotopic (exact) mass is 242 g/mol. The third kappa shape index (κ3) is 6.42. The van der Waals surface area contributed by atoms with E-state index < -0.39 is 0 Å². The molecule has 17 heavy (non-hydrogen) atoms. The van der Waals surface area contributed by atoms with Crippen molar-refractivity contribution in [3.05, 3.63) is 0 Å². The van der Waals surface area contributed by atoms with Crippen molar-refractivity contribution in [3.8, 4) is 0 Å². The Balaban J connectivity index is 2.36. The first-order chi connectivity index (χ1) is 8.38. The molecule has 2 N–H and O–H groups in total. The fourth-order valence-corrected chi connectivity index (χ4v) is 3.02. The van der Waals surface area contributed by atoms with Crippen LogP contribution in [0.5, 0.6) is 0 Å². The van der Waals surface area contributed by atoms with E-state index in [0.29, 0.717) is 5.92 Å². The fourth-order valence-electron chi connectivity index (χ4n) is 3.02. The van der Waals surface area contributed by atoms with Crippen LogP contribution in [0.2, 0.25) is 0 Å². The van der Waals surface area contributed by atoms with E-state index in [4.69, 9.17) is 0 Å². The number of rotatable bonds is 3. The average molecular weight is 242 g/mol. The van der Waals surface area contributed by atoms with Crippen molar-refractivity contribution in [3.63, 3.8) is 0 Å². The Morgan fingerprint density at radius 3 is 1.35 bits per heavy atom. The van der Waals surface area contributed by atoms with E-state index in [2.05, 4.69) is 0 Å². The van der Waals surface area contributed by atoms with Gasteiger partial charge in [0.25, 0.3) is 0 Å². The summed E-state index contributed by atoms with van der Waals surface area (Å²) in [4.78, 5) is 0. The lowest BCUT2D eigenvalue weighted by atomic mass is 9.84. The van der Waals surface area contributed by atoms with E-state index in [1.807, 2.05) is 0 Å². The van der Waals surface area contributed by atoms with Gasteiger partial charge >= 0.3 is 0 Å². The summed E-state index contributed by atoms with van der Waals surface area (Å²) in [5.74, 6) is 0.669. The SMILES string of the molecule is OCC(CO)C1CCCCCCCCCCC1. The molecule has 0 aromatic rings. The van der Waals surface area contributed by atoms with Crippen molar-refractivity contribution in [2.24, 2.45) is 11.8 Å². The summed E-state index contributed by atoms with van der Waals surface area (Å²) in [7, 11) is 0. The van der Waals surface area contributed by atoms with Crippen LogP contribution < -0.4 is 0 Å². The first-order valence-electron chi connectivity index (χ1n) is 7.60. The molecule has 2 heteroatoms. The van der Waals surface area contributed by atoms with Gasteiger partial charge in [0.05, 0.1) is 0 Å². The van der Waals surface area contributed by atoms with Crippen LogP contribution in [-0.2, 0) is 0 Å². The molecule has 0 spiro atoms. The van der Waals surface area contributed by atoms with Crippen molar-refractivity contribution in [2.75, 3.05) is 13.2 Å². The largest absolute Gasteiger partial charge is 0.396 e. The minimum atomic E-state index is 0.123. The van der Waals surface area contributed by atoms with Crippen molar-refractivity contribution in [1.82, 2.24) is 0 Å². The first kappa shape index (κ1) is 15.0. The van der Waals surface area contributed by atoms with Gasteiger partial charge in [-0.1, -0.05) is 70.6 Å². The Morgan fingerprint density at radius 2 is 1.00 bits per heavy atom. The zero-order chi connectivity index (χ0) is 12.3. The predicted octanol–water partition coefficient (Wildman–Crippen LogP) is 3.51. The van der Waals surface area contributed by atoms with Gasteiger partial charge in [-0.15, -0.1) is 0 Å². The molecule has 1 saturated carbocycles. The van der Waals surface area contributed by atoms with E-state index in [1.165, 1.54) is 70.6 Å². The standard InChI is InChI=1S/C15H30O2/c16-12-15(13-17)14-10-8-6-4-2-1-3-5-7-9-11-14/h14-17H,1-13H2. The van der Waals surface area contributed by atoms with Gasteiger partial charge in [-0.2, -0.15) is 0 Å². The molecule has 1 rings (SSSR count). The van der Waals surface area contributed by atoms with Gasteiger partial charge in [0.15, 0.2) is 0 Å². The quantitative estimate of drug-likeness (QED) is 0.795. The molecular formula is C15H30O2. The summed E-state index contributed by atoms with van der Waals surface area (Å²) in [5.41, 5.74) is 0. The zero-order valence-electron chi connectivity index (χ0n) is 11.2. The second-order valence-corrected chi connectivity index (χ2v) is 5.64. The Labute approximate surface area is 106 Å². The zero-order valence-corrected chi connectivity index (χ0v) is 11.2. The predicted molar refractivity (Wildman–Crippen MR) is 71.9 cm³/mol. The molecular weight excluding hydrogens is 212 g/mol. The van der Waals surface area contributed by atoms with Gasteiger partial charge in [0, 0.05) is 19.1 Å². The molecule has 0 amide bonds. The van der Waals surface area contributed by atoms with E-state index in [9.17, 15) is 10.2 Å². The normalized spacial score (nSPS) is 22.1. The number of hydrogen-bond acceptors (Lipinski definition) is 2. The van der Waals surface area contributed by atoms with Gasteiger partial charge in [-0.3, -0.25) is 0 Å². The Kier molecular flexibility index (Phi) is 8.72. The van der Waals surface area contributed by atoms with Crippen LogP contribution in [0, 0.1) is 11.8 Å². The van der Waals surface area contributed by atoms with Crippen LogP contribution in [-0.4, -0.2) is 23.4 Å². The summed E-state index contributed by atoms with van der Waals surface area (Å²) in [5, 5.41) is 18.6. The third-order valence-corrected chi connectivity index (χ3v) is 4.29. The van der Waals surface area contributed by atoms with Crippen LogP contribution in [0.4, 0.5) is 0 Å². The molecule has 0 aliphatic heterocycles. The highest BCUT2D eigenvalue weighted by molar-refractivity contribution is 4.70. The van der Waals surface area contributed by atoms with Crippen LogP contribution in [0.1, 0.15) is 70.6 Å². The molecule has 1 fully saturated rings. The maximum absolute atomic E-state index is 9.31. The van der Waals surface area contributed by atoms with Crippen molar-refractivity contribution >= 4 is 0 Å². The summed E-state index contributed by atoms with van der Waals surface area (Å²) in [6, 6.07) is 0. The highest BCUT2D eigenvalue weighted by Crippen LogP contribution is 2.26. The molecule has 0 bridgehead atoms.